The van der Waals surface area contributed by atoms with E-state index in [1.807, 2.05) is 4.57 Å². The van der Waals surface area contributed by atoms with Gasteiger partial charge in [0.2, 0.25) is 5.28 Å². The van der Waals surface area contributed by atoms with E-state index < -0.39 is 5.97 Å². The lowest BCUT2D eigenvalue weighted by Crippen LogP contribution is -1.99. The summed E-state index contributed by atoms with van der Waals surface area (Å²) >= 11 is 6.00. The number of hydrogen-bond donors (Lipinski definition) is 1. The molecule has 0 spiro atoms. The Bertz CT molecular complexity index is 589. The number of carboxylic acids is 1. The van der Waals surface area contributed by atoms with Crippen molar-refractivity contribution >= 4 is 28.7 Å². The highest BCUT2D eigenvalue weighted by Gasteiger charge is 2.28. The normalized spacial score (nSPS) is 15.6. The molecule has 0 atom stereocenters. The zero-order chi connectivity index (χ0) is 11.3. The van der Waals surface area contributed by atoms with E-state index in [0.717, 1.165) is 12.8 Å². The van der Waals surface area contributed by atoms with Gasteiger partial charge in [0.15, 0.2) is 5.65 Å². The van der Waals surface area contributed by atoms with Gasteiger partial charge in [0.05, 0.1) is 5.56 Å². The molecule has 1 saturated carbocycles. The molecule has 1 aliphatic rings. The number of pyridine rings is 1. The first-order valence-corrected chi connectivity index (χ1v) is 5.31. The van der Waals surface area contributed by atoms with Crippen LogP contribution in [-0.2, 0) is 0 Å². The minimum atomic E-state index is -1.01. The molecule has 0 aromatic carbocycles. The molecular weight excluding hydrogens is 230 g/mol. The molecule has 0 radical (unpaired) electrons. The molecule has 1 fully saturated rings. The van der Waals surface area contributed by atoms with Gasteiger partial charge in [0.25, 0.3) is 0 Å². The topological polar surface area (TPSA) is 68.0 Å². The van der Waals surface area contributed by atoms with Crippen molar-refractivity contribution in [2.75, 3.05) is 0 Å². The van der Waals surface area contributed by atoms with E-state index in [-0.39, 0.29) is 5.56 Å². The van der Waals surface area contributed by atoms with Gasteiger partial charge in [0.1, 0.15) is 5.52 Å². The number of carbonyl (C=O) groups is 1. The quantitative estimate of drug-likeness (QED) is 0.869. The van der Waals surface area contributed by atoms with E-state index in [1.54, 1.807) is 0 Å². The number of nitrogens with zero attached hydrogens (tertiary/aromatic N) is 3. The summed E-state index contributed by atoms with van der Waals surface area (Å²) in [4.78, 5) is 19.0. The van der Waals surface area contributed by atoms with Gasteiger partial charge in [-0.1, -0.05) is 0 Å². The summed E-state index contributed by atoms with van der Waals surface area (Å²) in [7, 11) is 0. The van der Waals surface area contributed by atoms with E-state index in [1.165, 1.54) is 12.3 Å². The van der Waals surface area contributed by atoms with Gasteiger partial charge < -0.3 is 5.11 Å². The SMILES string of the molecule is O=C(O)c1cnc2c(c1)nc(Cl)n2C1CC1. The monoisotopic (exact) mass is 237 g/mol. The summed E-state index contributed by atoms with van der Waals surface area (Å²) in [5.41, 5.74) is 1.33. The lowest BCUT2D eigenvalue weighted by molar-refractivity contribution is 0.0696. The Kier molecular flexibility index (Phi) is 1.91. The molecular formula is C10H8ClN3O2. The Balaban J connectivity index is 2.23. The molecule has 0 amide bonds. The molecule has 2 heterocycles. The summed E-state index contributed by atoms with van der Waals surface area (Å²) in [5.74, 6) is -1.01. The second-order valence-corrected chi connectivity index (χ2v) is 4.19. The number of hydrogen-bond acceptors (Lipinski definition) is 3. The van der Waals surface area contributed by atoms with Crippen LogP contribution in [0.15, 0.2) is 12.3 Å². The lowest BCUT2D eigenvalue weighted by Gasteiger charge is -2.01. The lowest BCUT2D eigenvalue weighted by atomic mass is 10.3. The molecule has 0 saturated heterocycles. The fourth-order valence-electron chi connectivity index (χ4n) is 1.73. The third-order valence-electron chi connectivity index (χ3n) is 2.65. The van der Waals surface area contributed by atoms with Gasteiger partial charge in [-0.25, -0.2) is 14.8 Å². The van der Waals surface area contributed by atoms with Crippen LogP contribution in [0.4, 0.5) is 0 Å². The minimum Gasteiger partial charge on any atom is -0.478 e. The number of aromatic carboxylic acids is 1. The van der Waals surface area contributed by atoms with Gasteiger partial charge in [-0.2, -0.15) is 0 Å². The van der Waals surface area contributed by atoms with E-state index >= 15 is 0 Å². The highest BCUT2D eigenvalue weighted by Crippen LogP contribution is 2.39. The molecule has 2 aromatic rings. The second kappa shape index (κ2) is 3.18. The smallest absolute Gasteiger partial charge is 0.337 e. The first kappa shape index (κ1) is 9.59. The zero-order valence-corrected chi connectivity index (χ0v) is 8.98. The third kappa shape index (κ3) is 1.36. The van der Waals surface area contributed by atoms with E-state index in [4.69, 9.17) is 16.7 Å². The molecule has 5 nitrogen and oxygen atoms in total. The van der Waals surface area contributed by atoms with Crippen molar-refractivity contribution in [3.05, 3.63) is 23.1 Å². The van der Waals surface area contributed by atoms with Crippen LogP contribution in [0.2, 0.25) is 5.28 Å². The fourth-order valence-corrected chi connectivity index (χ4v) is 2.04. The molecule has 0 aliphatic heterocycles. The number of imidazole rings is 1. The summed E-state index contributed by atoms with van der Waals surface area (Å²) in [5, 5.41) is 9.22. The van der Waals surface area contributed by atoms with Crippen LogP contribution in [-0.4, -0.2) is 25.6 Å². The van der Waals surface area contributed by atoms with Gasteiger partial charge in [-0.3, -0.25) is 4.57 Å². The maximum Gasteiger partial charge on any atom is 0.337 e. The van der Waals surface area contributed by atoms with Crippen LogP contribution in [0, 0.1) is 0 Å². The minimum absolute atomic E-state index is 0.129. The summed E-state index contributed by atoms with van der Waals surface area (Å²) in [6, 6.07) is 1.87. The predicted octanol–water partition coefficient (Wildman–Crippen LogP) is 2.12. The summed E-state index contributed by atoms with van der Waals surface area (Å²) in [6.45, 7) is 0. The first-order valence-electron chi connectivity index (χ1n) is 4.93. The van der Waals surface area contributed by atoms with Crippen LogP contribution in [0.1, 0.15) is 29.2 Å². The molecule has 2 aromatic heterocycles. The Labute approximate surface area is 95.7 Å². The largest absolute Gasteiger partial charge is 0.478 e. The number of rotatable bonds is 2. The average Bonchev–Trinajstić information content (AvgIpc) is 3.00. The van der Waals surface area contributed by atoms with E-state index in [0.29, 0.717) is 22.5 Å². The van der Waals surface area contributed by atoms with Crippen molar-refractivity contribution in [3.63, 3.8) is 0 Å². The predicted molar refractivity (Wildman–Crippen MR) is 57.8 cm³/mol. The van der Waals surface area contributed by atoms with Crippen molar-refractivity contribution in [2.45, 2.75) is 18.9 Å². The Morgan fingerprint density at radius 1 is 1.56 bits per heavy atom. The molecule has 82 valence electrons. The Hall–Kier alpha value is -1.62. The van der Waals surface area contributed by atoms with Gasteiger partial charge in [-0.15, -0.1) is 0 Å². The number of halogens is 1. The molecule has 0 unspecified atom stereocenters. The van der Waals surface area contributed by atoms with Crippen molar-refractivity contribution < 1.29 is 9.90 Å². The summed E-state index contributed by atoms with van der Waals surface area (Å²) < 4.78 is 1.86. The molecule has 6 heteroatoms. The maximum atomic E-state index is 10.8. The van der Waals surface area contributed by atoms with Crippen molar-refractivity contribution in [3.8, 4) is 0 Å². The summed E-state index contributed by atoms with van der Waals surface area (Å²) in [6.07, 6.45) is 3.49. The van der Waals surface area contributed by atoms with Gasteiger partial charge in [-0.05, 0) is 30.5 Å². The van der Waals surface area contributed by atoms with Crippen LogP contribution in [0.25, 0.3) is 11.2 Å². The van der Waals surface area contributed by atoms with Crippen molar-refractivity contribution in [2.24, 2.45) is 0 Å². The van der Waals surface area contributed by atoms with Gasteiger partial charge in [0, 0.05) is 12.2 Å². The molecule has 16 heavy (non-hydrogen) atoms. The van der Waals surface area contributed by atoms with Crippen LogP contribution in [0.3, 0.4) is 0 Å². The molecule has 0 bridgehead atoms. The highest BCUT2D eigenvalue weighted by molar-refractivity contribution is 6.29. The van der Waals surface area contributed by atoms with Crippen LogP contribution >= 0.6 is 11.6 Å². The van der Waals surface area contributed by atoms with E-state index in [9.17, 15) is 4.79 Å². The molecule has 1 N–H and O–H groups in total. The number of carboxylic acid groups (broad SMARTS) is 1. The van der Waals surface area contributed by atoms with Crippen molar-refractivity contribution in [1.82, 2.24) is 14.5 Å². The standard InChI is InChI=1S/C10H8ClN3O2/c11-10-13-7-3-5(9(15)16)4-12-8(7)14(10)6-1-2-6/h3-4,6H,1-2H2,(H,15,16). The number of aromatic nitrogens is 3. The Morgan fingerprint density at radius 2 is 2.31 bits per heavy atom. The van der Waals surface area contributed by atoms with E-state index in [2.05, 4.69) is 9.97 Å². The molecule has 3 rings (SSSR count). The maximum absolute atomic E-state index is 10.8. The first-order chi connectivity index (χ1) is 7.66. The second-order valence-electron chi connectivity index (χ2n) is 3.85. The van der Waals surface area contributed by atoms with Crippen LogP contribution < -0.4 is 0 Å². The third-order valence-corrected chi connectivity index (χ3v) is 2.91. The average molecular weight is 238 g/mol. The zero-order valence-electron chi connectivity index (χ0n) is 8.22. The highest BCUT2D eigenvalue weighted by atomic mass is 35.5. The van der Waals surface area contributed by atoms with Crippen molar-refractivity contribution in [1.29, 1.82) is 0 Å². The van der Waals surface area contributed by atoms with Crippen LogP contribution in [0.5, 0.6) is 0 Å². The fraction of sp³-hybridized carbons (Fsp3) is 0.300. The number of fused-ring (bicyclic) bond motifs is 1. The molecule has 1 aliphatic carbocycles. The van der Waals surface area contributed by atoms with Gasteiger partial charge >= 0.3 is 5.97 Å². The Morgan fingerprint density at radius 3 is 2.94 bits per heavy atom.